The van der Waals surface area contributed by atoms with Crippen molar-refractivity contribution >= 4 is 23.8 Å². The van der Waals surface area contributed by atoms with Crippen LogP contribution in [0.2, 0.25) is 0 Å². The van der Waals surface area contributed by atoms with Gasteiger partial charge in [-0.25, -0.2) is 4.98 Å². The maximum Gasteiger partial charge on any atom is 0.274 e. The predicted molar refractivity (Wildman–Crippen MR) is 104 cm³/mol. The number of amidine groups is 1. The standard InChI is InChI=1S/C19H27N5O3/c1-13(26)14-7-6-8-15(22-14)18(27)23-16(11-21-4)17(20)24(5)10-9-19(2,3)12-25/h6-8,11-12,20-21H,9-10H2,1-5H3,(H,23,27)/b16-11+,20-17?. The van der Waals surface area contributed by atoms with Gasteiger partial charge in [0, 0.05) is 39.2 Å². The van der Waals surface area contributed by atoms with Crippen LogP contribution in [0.4, 0.5) is 0 Å². The zero-order valence-corrected chi connectivity index (χ0v) is 16.4. The van der Waals surface area contributed by atoms with Gasteiger partial charge in [-0.05, 0) is 18.6 Å². The van der Waals surface area contributed by atoms with Crippen molar-refractivity contribution in [1.29, 1.82) is 5.41 Å². The molecule has 0 aliphatic rings. The maximum absolute atomic E-state index is 12.5. The number of hydrogen-bond acceptors (Lipinski definition) is 6. The van der Waals surface area contributed by atoms with Crippen LogP contribution in [-0.4, -0.2) is 54.3 Å². The number of carbonyl (C=O) groups excluding carboxylic acids is 3. The lowest BCUT2D eigenvalue weighted by molar-refractivity contribution is -0.115. The van der Waals surface area contributed by atoms with E-state index in [0.29, 0.717) is 13.0 Å². The lowest BCUT2D eigenvalue weighted by atomic mass is 9.91. The zero-order chi connectivity index (χ0) is 20.6. The molecule has 146 valence electrons. The van der Waals surface area contributed by atoms with Crippen LogP contribution in [0.1, 0.15) is 48.2 Å². The van der Waals surface area contributed by atoms with Gasteiger partial charge in [0.05, 0.1) is 5.70 Å². The Morgan fingerprint density at radius 1 is 1.30 bits per heavy atom. The van der Waals surface area contributed by atoms with E-state index in [1.54, 1.807) is 25.1 Å². The monoisotopic (exact) mass is 373 g/mol. The minimum Gasteiger partial charge on any atom is -0.392 e. The van der Waals surface area contributed by atoms with Crippen molar-refractivity contribution in [1.82, 2.24) is 20.5 Å². The number of aldehydes is 1. The minimum absolute atomic E-state index is 0.0853. The highest BCUT2D eigenvalue weighted by atomic mass is 16.2. The van der Waals surface area contributed by atoms with Crippen molar-refractivity contribution in [3.05, 3.63) is 41.5 Å². The third kappa shape index (κ3) is 6.65. The van der Waals surface area contributed by atoms with Gasteiger partial charge in [-0.15, -0.1) is 0 Å². The van der Waals surface area contributed by atoms with E-state index in [4.69, 9.17) is 5.41 Å². The highest BCUT2D eigenvalue weighted by Gasteiger charge is 2.20. The van der Waals surface area contributed by atoms with Crippen LogP contribution in [0, 0.1) is 10.8 Å². The van der Waals surface area contributed by atoms with E-state index in [0.717, 1.165) is 6.29 Å². The van der Waals surface area contributed by atoms with E-state index in [9.17, 15) is 14.4 Å². The topological polar surface area (TPSA) is 115 Å². The highest BCUT2D eigenvalue weighted by molar-refractivity contribution is 6.03. The summed E-state index contributed by atoms with van der Waals surface area (Å²) in [4.78, 5) is 40.6. The quantitative estimate of drug-likeness (QED) is 0.262. The largest absolute Gasteiger partial charge is 0.392 e. The molecule has 0 aromatic carbocycles. The third-order valence-electron chi connectivity index (χ3n) is 3.93. The van der Waals surface area contributed by atoms with Gasteiger partial charge < -0.3 is 20.3 Å². The Labute approximate surface area is 159 Å². The van der Waals surface area contributed by atoms with Crippen molar-refractivity contribution < 1.29 is 14.4 Å². The number of nitrogens with one attached hydrogen (secondary N) is 3. The Balaban J connectivity index is 2.89. The molecule has 1 heterocycles. The van der Waals surface area contributed by atoms with Gasteiger partial charge in [0.1, 0.15) is 23.5 Å². The molecule has 0 saturated carbocycles. The number of likely N-dealkylation sites (N-methyl/N-ethyl adjacent to an activating group) is 1. The van der Waals surface area contributed by atoms with Gasteiger partial charge >= 0.3 is 0 Å². The normalized spacial score (nSPS) is 11.5. The molecule has 0 aliphatic carbocycles. The molecule has 1 aromatic rings. The molecule has 0 saturated heterocycles. The molecule has 0 bridgehead atoms. The second kappa shape index (κ2) is 9.61. The first-order valence-corrected chi connectivity index (χ1v) is 8.54. The summed E-state index contributed by atoms with van der Waals surface area (Å²) in [6.07, 6.45) is 2.96. The van der Waals surface area contributed by atoms with Crippen LogP contribution in [0.3, 0.4) is 0 Å². The molecule has 8 nitrogen and oxygen atoms in total. The molecular weight excluding hydrogens is 346 g/mol. The average Bonchev–Trinajstić information content (AvgIpc) is 2.65. The Bertz CT molecular complexity index is 755. The lowest BCUT2D eigenvalue weighted by Gasteiger charge is -2.25. The molecule has 27 heavy (non-hydrogen) atoms. The van der Waals surface area contributed by atoms with Gasteiger partial charge in [-0.1, -0.05) is 19.9 Å². The summed E-state index contributed by atoms with van der Waals surface area (Å²) in [5.41, 5.74) is 0.0538. The molecule has 0 aliphatic heterocycles. The second-order valence-corrected chi connectivity index (χ2v) is 6.89. The smallest absolute Gasteiger partial charge is 0.274 e. The van der Waals surface area contributed by atoms with Crippen molar-refractivity contribution in [2.45, 2.75) is 27.2 Å². The third-order valence-corrected chi connectivity index (χ3v) is 3.93. The van der Waals surface area contributed by atoms with Crippen molar-refractivity contribution in [2.24, 2.45) is 5.41 Å². The van der Waals surface area contributed by atoms with Crippen molar-refractivity contribution in [2.75, 3.05) is 20.6 Å². The second-order valence-electron chi connectivity index (χ2n) is 6.89. The SMILES string of the molecule is CN/C=C(/NC(=O)c1cccc(C(C)=O)n1)C(=N)N(C)CCC(C)(C)C=O. The van der Waals surface area contributed by atoms with Crippen LogP contribution >= 0.6 is 0 Å². The molecule has 1 rings (SSSR count). The summed E-state index contributed by atoms with van der Waals surface area (Å²) in [7, 11) is 3.37. The van der Waals surface area contributed by atoms with Gasteiger partial charge in [0.2, 0.25) is 0 Å². The van der Waals surface area contributed by atoms with E-state index in [2.05, 4.69) is 15.6 Å². The lowest BCUT2D eigenvalue weighted by Crippen LogP contribution is -2.38. The van der Waals surface area contributed by atoms with Gasteiger partial charge in [0.25, 0.3) is 5.91 Å². The Morgan fingerprint density at radius 2 is 1.93 bits per heavy atom. The van der Waals surface area contributed by atoms with Gasteiger partial charge in [-0.3, -0.25) is 15.0 Å². The summed E-state index contributed by atoms with van der Waals surface area (Å²) >= 11 is 0. The molecule has 1 aromatic heterocycles. The molecule has 0 unspecified atom stereocenters. The fraction of sp³-hybridized carbons (Fsp3) is 0.421. The number of Topliss-reactive ketones (excluding diaryl/α,β-unsaturated/α-hetero) is 1. The molecule has 0 atom stereocenters. The van der Waals surface area contributed by atoms with Crippen LogP contribution in [0.5, 0.6) is 0 Å². The Morgan fingerprint density at radius 3 is 2.48 bits per heavy atom. The minimum atomic E-state index is -0.522. The fourth-order valence-corrected chi connectivity index (χ4v) is 2.08. The number of carbonyl (C=O) groups is 3. The molecule has 3 N–H and O–H groups in total. The van der Waals surface area contributed by atoms with Gasteiger partial charge in [0.15, 0.2) is 5.78 Å². The van der Waals surface area contributed by atoms with Gasteiger partial charge in [-0.2, -0.15) is 0 Å². The first-order chi connectivity index (χ1) is 12.6. The summed E-state index contributed by atoms with van der Waals surface area (Å²) in [5, 5.41) is 13.8. The van der Waals surface area contributed by atoms with E-state index in [1.165, 1.54) is 25.3 Å². The first-order valence-electron chi connectivity index (χ1n) is 8.54. The summed E-state index contributed by atoms with van der Waals surface area (Å²) in [5.74, 6) is -0.672. The highest BCUT2D eigenvalue weighted by Crippen LogP contribution is 2.17. The number of pyridine rings is 1. The fourth-order valence-electron chi connectivity index (χ4n) is 2.08. The van der Waals surface area contributed by atoms with Crippen molar-refractivity contribution in [3.63, 3.8) is 0 Å². The number of nitrogens with zero attached hydrogens (tertiary/aromatic N) is 2. The molecule has 0 radical (unpaired) electrons. The number of rotatable bonds is 9. The summed E-state index contributed by atoms with van der Waals surface area (Å²) in [6.45, 7) is 5.51. The predicted octanol–water partition coefficient (Wildman–Crippen LogP) is 1.60. The maximum atomic E-state index is 12.5. The van der Waals surface area contributed by atoms with Crippen LogP contribution in [0.25, 0.3) is 0 Å². The first kappa shape index (κ1) is 22.0. The Kier molecular flexibility index (Phi) is 7.83. The van der Waals surface area contributed by atoms with Crippen LogP contribution in [0.15, 0.2) is 30.1 Å². The number of hydrogen-bond donors (Lipinski definition) is 3. The van der Waals surface area contributed by atoms with E-state index >= 15 is 0 Å². The summed E-state index contributed by atoms with van der Waals surface area (Å²) < 4.78 is 0. The Hall–Kier alpha value is -3.03. The number of aromatic nitrogens is 1. The molecule has 0 fully saturated rings. The van der Waals surface area contributed by atoms with Crippen molar-refractivity contribution in [3.8, 4) is 0 Å². The number of amides is 1. The molecule has 0 spiro atoms. The summed E-state index contributed by atoms with van der Waals surface area (Å²) in [6, 6.07) is 4.62. The molecule has 1 amide bonds. The zero-order valence-electron chi connectivity index (χ0n) is 16.4. The van der Waals surface area contributed by atoms with Crippen LogP contribution < -0.4 is 10.6 Å². The molecular formula is C19H27N5O3. The van der Waals surface area contributed by atoms with E-state index in [1.807, 2.05) is 13.8 Å². The van der Waals surface area contributed by atoms with E-state index in [-0.39, 0.29) is 28.7 Å². The van der Waals surface area contributed by atoms with E-state index < -0.39 is 11.3 Å². The van der Waals surface area contributed by atoms with Crippen LogP contribution in [-0.2, 0) is 4.79 Å². The molecule has 8 heteroatoms. The average molecular weight is 373 g/mol. The number of ketones is 1.